The Morgan fingerprint density at radius 1 is 0.696 bits per heavy atom. The SMILES string of the molecule is CC1(C)OB(c2csc(B3OC(C)(C)C(C)(C)O3)c2)OC1(C)C. The molecule has 2 fully saturated rings. The average Bonchev–Trinajstić information content (AvgIpc) is 2.96. The normalized spacial score (nSPS) is 27.7. The van der Waals surface area contributed by atoms with Crippen molar-refractivity contribution in [2.24, 2.45) is 0 Å². The minimum atomic E-state index is -0.340. The summed E-state index contributed by atoms with van der Waals surface area (Å²) in [4.78, 5) is 0. The van der Waals surface area contributed by atoms with Crippen molar-refractivity contribution < 1.29 is 18.6 Å². The molecule has 0 saturated carbocycles. The number of hydrogen-bond donors (Lipinski definition) is 0. The topological polar surface area (TPSA) is 36.9 Å². The van der Waals surface area contributed by atoms with Gasteiger partial charge in [-0.1, -0.05) is 6.07 Å². The molecule has 1 aromatic heterocycles. The number of thiophene rings is 1. The van der Waals surface area contributed by atoms with Crippen LogP contribution in [0.1, 0.15) is 55.4 Å². The van der Waals surface area contributed by atoms with Gasteiger partial charge in [-0.3, -0.25) is 0 Å². The molecule has 0 amide bonds. The van der Waals surface area contributed by atoms with Crippen molar-refractivity contribution in [2.45, 2.75) is 77.8 Å². The van der Waals surface area contributed by atoms with Crippen LogP contribution in [0, 0.1) is 0 Å². The molecule has 0 bridgehead atoms. The molecule has 1 aromatic rings. The predicted octanol–water partition coefficient (Wildman–Crippen LogP) is 2.35. The van der Waals surface area contributed by atoms with E-state index in [1.54, 1.807) is 11.3 Å². The first kappa shape index (κ1) is 17.5. The second-order valence-electron chi connectivity index (χ2n) is 8.46. The first-order valence-corrected chi connectivity index (χ1v) is 9.02. The minimum Gasteiger partial charge on any atom is -0.399 e. The number of rotatable bonds is 2. The van der Waals surface area contributed by atoms with Crippen molar-refractivity contribution in [3.05, 3.63) is 11.4 Å². The van der Waals surface area contributed by atoms with Crippen LogP contribution in [0.15, 0.2) is 11.4 Å². The molecule has 3 rings (SSSR count). The maximum Gasteiger partial charge on any atom is 0.505 e. The van der Waals surface area contributed by atoms with Gasteiger partial charge in [-0.15, -0.1) is 0 Å². The molecule has 0 unspecified atom stereocenters. The van der Waals surface area contributed by atoms with Crippen molar-refractivity contribution in [3.8, 4) is 0 Å². The second kappa shape index (κ2) is 5.08. The van der Waals surface area contributed by atoms with Gasteiger partial charge in [-0.05, 0) is 66.2 Å². The highest BCUT2D eigenvalue weighted by molar-refractivity contribution is 7.21. The summed E-state index contributed by atoms with van der Waals surface area (Å²) in [6.07, 6.45) is 0. The van der Waals surface area contributed by atoms with E-state index in [0.29, 0.717) is 0 Å². The molecule has 0 spiro atoms. The quantitative estimate of drug-likeness (QED) is 0.777. The highest BCUT2D eigenvalue weighted by Gasteiger charge is 2.54. The van der Waals surface area contributed by atoms with Gasteiger partial charge in [-0.25, -0.2) is 0 Å². The Morgan fingerprint density at radius 3 is 1.52 bits per heavy atom. The predicted molar refractivity (Wildman–Crippen MR) is 95.8 cm³/mol. The van der Waals surface area contributed by atoms with Gasteiger partial charge in [0.15, 0.2) is 0 Å². The van der Waals surface area contributed by atoms with E-state index in [1.807, 2.05) is 0 Å². The Labute approximate surface area is 144 Å². The molecule has 3 heterocycles. The highest BCUT2D eigenvalue weighted by atomic mass is 32.1. The molecule has 0 aliphatic carbocycles. The molecule has 2 aliphatic rings. The molecule has 0 aromatic carbocycles. The standard InChI is InChI=1S/C16H26B2O4S/c1-13(2)14(3,4)20-17(19-13)11-9-12(23-10-11)18-21-15(5,6)16(7,8)22-18/h9-10H,1-8H3. The summed E-state index contributed by atoms with van der Waals surface area (Å²) in [5.74, 6) is 0. The number of hydrogen-bond acceptors (Lipinski definition) is 5. The molecule has 4 nitrogen and oxygen atoms in total. The lowest BCUT2D eigenvalue weighted by Crippen LogP contribution is -2.41. The lowest BCUT2D eigenvalue weighted by molar-refractivity contribution is 0.00578. The second-order valence-corrected chi connectivity index (χ2v) is 9.40. The fourth-order valence-electron chi connectivity index (χ4n) is 2.55. The maximum atomic E-state index is 6.11. The molecule has 23 heavy (non-hydrogen) atoms. The third kappa shape index (κ3) is 2.81. The molecule has 0 radical (unpaired) electrons. The van der Waals surface area contributed by atoms with Gasteiger partial charge >= 0.3 is 14.2 Å². The van der Waals surface area contributed by atoms with Crippen LogP contribution in [-0.4, -0.2) is 36.6 Å². The first-order chi connectivity index (χ1) is 10.3. The van der Waals surface area contributed by atoms with Gasteiger partial charge in [0.1, 0.15) is 0 Å². The van der Waals surface area contributed by atoms with Gasteiger partial charge in [-0.2, -0.15) is 11.3 Å². The lowest BCUT2D eigenvalue weighted by atomic mass is 9.78. The molecule has 2 aliphatic heterocycles. The largest absolute Gasteiger partial charge is 0.505 e. The van der Waals surface area contributed by atoms with Crippen LogP contribution in [0.25, 0.3) is 0 Å². The summed E-state index contributed by atoms with van der Waals surface area (Å²) in [7, 11) is -0.673. The first-order valence-electron chi connectivity index (χ1n) is 8.14. The van der Waals surface area contributed by atoms with Crippen LogP contribution in [0.3, 0.4) is 0 Å². The van der Waals surface area contributed by atoms with Gasteiger partial charge in [0.05, 0.1) is 22.4 Å². The van der Waals surface area contributed by atoms with Crippen LogP contribution in [0.5, 0.6) is 0 Å². The zero-order chi connectivity index (χ0) is 17.3. The van der Waals surface area contributed by atoms with Crippen molar-refractivity contribution in [2.75, 3.05) is 0 Å². The van der Waals surface area contributed by atoms with Crippen LogP contribution in [0.4, 0.5) is 0 Å². The van der Waals surface area contributed by atoms with E-state index in [0.717, 1.165) is 10.2 Å². The Balaban J connectivity index is 1.78. The van der Waals surface area contributed by atoms with Gasteiger partial charge in [0.2, 0.25) is 0 Å². The summed E-state index contributed by atoms with van der Waals surface area (Å²) in [6.45, 7) is 16.5. The zero-order valence-electron chi connectivity index (χ0n) is 15.4. The van der Waals surface area contributed by atoms with Crippen LogP contribution < -0.4 is 10.2 Å². The Hall–Kier alpha value is -0.330. The molecular weight excluding hydrogens is 310 g/mol. The summed E-state index contributed by atoms with van der Waals surface area (Å²) in [5, 5.41) is 2.07. The fourth-order valence-corrected chi connectivity index (χ4v) is 3.42. The molecule has 126 valence electrons. The highest BCUT2D eigenvalue weighted by Crippen LogP contribution is 2.38. The van der Waals surface area contributed by atoms with Crippen molar-refractivity contribution in [1.29, 1.82) is 0 Å². The molecule has 0 N–H and O–H groups in total. The van der Waals surface area contributed by atoms with E-state index < -0.39 is 0 Å². The zero-order valence-corrected chi connectivity index (χ0v) is 16.2. The summed E-state index contributed by atoms with van der Waals surface area (Å²) >= 11 is 1.63. The lowest BCUT2D eigenvalue weighted by Gasteiger charge is -2.32. The third-order valence-corrected chi connectivity index (χ3v) is 6.62. The molecule has 0 atom stereocenters. The summed E-state index contributed by atoms with van der Waals surface area (Å²) in [5.41, 5.74) is -0.287. The maximum absolute atomic E-state index is 6.11. The smallest absolute Gasteiger partial charge is 0.399 e. The van der Waals surface area contributed by atoms with Gasteiger partial charge < -0.3 is 18.6 Å². The third-order valence-electron chi connectivity index (χ3n) is 5.65. The van der Waals surface area contributed by atoms with E-state index in [-0.39, 0.29) is 36.6 Å². The molecular formula is C16H26B2O4S. The van der Waals surface area contributed by atoms with E-state index in [1.165, 1.54) is 0 Å². The molecule has 7 heteroatoms. The van der Waals surface area contributed by atoms with Crippen LogP contribution in [0.2, 0.25) is 0 Å². The average molecular weight is 336 g/mol. The Morgan fingerprint density at radius 2 is 1.09 bits per heavy atom. The Bertz CT molecular complexity index is 526. The van der Waals surface area contributed by atoms with Gasteiger partial charge in [0, 0.05) is 4.78 Å². The van der Waals surface area contributed by atoms with Crippen molar-refractivity contribution in [1.82, 2.24) is 0 Å². The van der Waals surface area contributed by atoms with Crippen molar-refractivity contribution >= 4 is 35.8 Å². The molecule has 2 saturated heterocycles. The monoisotopic (exact) mass is 336 g/mol. The van der Waals surface area contributed by atoms with Crippen molar-refractivity contribution in [3.63, 3.8) is 0 Å². The van der Waals surface area contributed by atoms with E-state index in [9.17, 15) is 0 Å². The minimum absolute atomic E-state index is 0.327. The Kier molecular flexibility index (Phi) is 3.87. The van der Waals surface area contributed by atoms with Gasteiger partial charge in [0.25, 0.3) is 0 Å². The van der Waals surface area contributed by atoms with Crippen LogP contribution >= 0.6 is 11.3 Å². The fraction of sp³-hybridized carbons (Fsp3) is 0.750. The van der Waals surface area contributed by atoms with E-state index in [4.69, 9.17) is 18.6 Å². The summed E-state index contributed by atoms with van der Waals surface area (Å²) < 4.78 is 25.5. The van der Waals surface area contributed by atoms with E-state index in [2.05, 4.69) is 66.8 Å². The van der Waals surface area contributed by atoms with Crippen LogP contribution in [-0.2, 0) is 18.6 Å². The summed E-state index contributed by atoms with van der Waals surface area (Å²) in [6, 6.07) is 2.08. The van der Waals surface area contributed by atoms with E-state index >= 15 is 0 Å².